The van der Waals surface area contributed by atoms with Gasteiger partial charge in [0.05, 0.1) is 30.5 Å². The Bertz CT molecular complexity index is 1080. The molecule has 0 aromatic heterocycles. The zero-order valence-corrected chi connectivity index (χ0v) is 27.7. The molecular formula is C32H52N2O10. The van der Waals surface area contributed by atoms with Crippen molar-refractivity contribution in [2.75, 3.05) is 20.7 Å². The van der Waals surface area contributed by atoms with E-state index in [2.05, 4.69) is 11.9 Å². The third-order valence-corrected chi connectivity index (χ3v) is 9.60. The van der Waals surface area contributed by atoms with Crippen molar-refractivity contribution in [3.05, 3.63) is 12.7 Å². The number of esters is 1. The van der Waals surface area contributed by atoms with E-state index < -0.39 is 83.9 Å². The maximum atomic E-state index is 14.0. The van der Waals surface area contributed by atoms with Crippen LogP contribution in [0.25, 0.3) is 0 Å². The molecule has 3 aliphatic heterocycles. The highest BCUT2D eigenvalue weighted by Gasteiger charge is 2.56. The number of rotatable bonds is 7. The minimum atomic E-state index is -1.34. The van der Waals surface area contributed by atoms with E-state index in [0.717, 1.165) is 0 Å². The van der Waals surface area contributed by atoms with Crippen LogP contribution in [0.15, 0.2) is 12.7 Å². The maximum Gasteiger partial charge on any atom is 0.408 e. The third-order valence-electron chi connectivity index (χ3n) is 9.60. The quantitative estimate of drug-likeness (QED) is 0.245. The molecule has 12 heteroatoms. The predicted molar refractivity (Wildman–Crippen MR) is 161 cm³/mol. The van der Waals surface area contributed by atoms with Crippen LogP contribution in [0.5, 0.6) is 0 Å². The van der Waals surface area contributed by atoms with Gasteiger partial charge in [-0.25, -0.2) is 4.79 Å². The van der Waals surface area contributed by atoms with Crippen LogP contribution in [0.2, 0.25) is 0 Å². The number of cyclic esters (lactones) is 1. The zero-order valence-electron chi connectivity index (χ0n) is 27.7. The SMILES string of the molecule is C=CCO[C@@]1(C)C[C@@H](C)C(=O)[C@H](C)[C@H]2NC(=O)O[C@]2(C)[C@@H](CC)OC(=O)CC(=O)[C@H](C)[C@H]1O[C@@H]1O[C@H](C)C[C@H](N(C)C)[C@H]1O. The summed E-state index contributed by atoms with van der Waals surface area (Å²) in [5.74, 6) is -3.70. The Morgan fingerprint density at radius 2 is 1.77 bits per heavy atom. The van der Waals surface area contributed by atoms with Gasteiger partial charge in [0.25, 0.3) is 0 Å². The Balaban J connectivity index is 2.09. The van der Waals surface area contributed by atoms with Crippen molar-refractivity contribution in [2.45, 2.75) is 128 Å². The molecule has 12 nitrogen and oxygen atoms in total. The number of alkyl carbamates (subject to hydrolysis) is 1. The van der Waals surface area contributed by atoms with Crippen molar-refractivity contribution in [3.8, 4) is 0 Å². The molecule has 250 valence electrons. The van der Waals surface area contributed by atoms with Crippen LogP contribution < -0.4 is 5.32 Å². The highest BCUT2D eigenvalue weighted by Crippen LogP contribution is 2.40. The van der Waals surface area contributed by atoms with E-state index in [9.17, 15) is 24.3 Å². The second-order valence-corrected chi connectivity index (χ2v) is 13.4. The number of ether oxygens (including phenoxy) is 5. The molecule has 12 atom stereocenters. The van der Waals surface area contributed by atoms with Gasteiger partial charge in [-0.1, -0.05) is 33.8 Å². The summed E-state index contributed by atoms with van der Waals surface area (Å²) in [6, 6.07) is -1.06. The van der Waals surface area contributed by atoms with E-state index in [1.807, 2.05) is 25.9 Å². The molecule has 0 bridgehead atoms. The maximum absolute atomic E-state index is 14.0. The molecule has 3 aliphatic rings. The number of carbonyl (C=O) groups is 4. The van der Waals surface area contributed by atoms with Crippen LogP contribution >= 0.6 is 0 Å². The van der Waals surface area contributed by atoms with Gasteiger partial charge < -0.3 is 39.0 Å². The molecule has 1 amide bonds. The largest absolute Gasteiger partial charge is 0.458 e. The number of likely N-dealkylation sites (N-methyl/N-ethyl adjacent to an activating group) is 1. The number of nitrogens with one attached hydrogen (secondary N) is 1. The van der Waals surface area contributed by atoms with E-state index in [1.54, 1.807) is 47.6 Å². The van der Waals surface area contributed by atoms with E-state index >= 15 is 0 Å². The van der Waals surface area contributed by atoms with Crippen LogP contribution in [-0.2, 0) is 38.1 Å². The fourth-order valence-electron chi connectivity index (χ4n) is 7.15. The van der Waals surface area contributed by atoms with E-state index in [-0.39, 0.29) is 37.4 Å². The summed E-state index contributed by atoms with van der Waals surface area (Å²) in [6.45, 7) is 16.0. The number of carbonyl (C=O) groups excluding carboxylic acids is 4. The average molecular weight is 625 g/mol. The van der Waals surface area contributed by atoms with Gasteiger partial charge >= 0.3 is 12.1 Å². The molecule has 44 heavy (non-hydrogen) atoms. The van der Waals surface area contributed by atoms with Gasteiger partial charge in [0.15, 0.2) is 11.9 Å². The van der Waals surface area contributed by atoms with Gasteiger partial charge in [-0.05, 0) is 54.1 Å². The summed E-state index contributed by atoms with van der Waals surface area (Å²) >= 11 is 0. The standard InChI is InChI=1S/C32H52N2O10/c1-11-13-40-31(7)16-17(3)25(37)20(6)27-32(8,44-30(39)33-27)23(12-2)42-24(36)15-22(35)19(5)28(31)43-29-26(38)21(34(9)10)14-18(4)41-29/h11,17-21,23,26-29,38H,1,12-16H2,2-10H3,(H,33,39)/t17-,18-,19+,20+,21+,23-,26-,27-,28-,29+,31+,32-/m1/s1. The molecule has 0 aromatic rings. The first-order chi connectivity index (χ1) is 20.5. The number of aliphatic hydroxyl groups is 1. The van der Waals surface area contributed by atoms with Crippen molar-refractivity contribution in [1.82, 2.24) is 10.2 Å². The minimum Gasteiger partial charge on any atom is -0.458 e. The third kappa shape index (κ3) is 7.52. The molecule has 0 saturated carbocycles. The average Bonchev–Trinajstić information content (AvgIpc) is 3.27. The summed E-state index contributed by atoms with van der Waals surface area (Å²) in [7, 11) is 3.72. The molecular weight excluding hydrogens is 572 g/mol. The van der Waals surface area contributed by atoms with Gasteiger partial charge in [0, 0.05) is 23.8 Å². The van der Waals surface area contributed by atoms with E-state index in [1.165, 1.54) is 0 Å². The monoisotopic (exact) mass is 624 g/mol. The molecule has 0 aliphatic carbocycles. The molecule has 3 heterocycles. The normalized spacial score (nSPS) is 42.6. The van der Waals surface area contributed by atoms with Crippen molar-refractivity contribution >= 4 is 23.6 Å². The van der Waals surface area contributed by atoms with Crippen molar-refractivity contribution in [3.63, 3.8) is 0 Å². The summed E-state index contributed by atoms with van der Waals surface area (Å²) in [6.07, 6.45) is -3.06. The first-order valence-electron chi connectivity index (χ1n) is 15.6. The summed E-state index contributed by atoms with van der Waals surface area (Å²) in [5, 5.41) is 14.0. The molecule has 3 fully saturated rings. The van der Waals surface area contributed by atoms with Gasteiger partial charge in [-0.15, -0.1) is 6.58 Å². The number of ketones is 2. The van der Waals surface area contributed by atoms with Crippen LogP contribution in [0, 0.1) is 17.8 Å². The lowest BCUT2D eigenvalue weighted by Crippen LogP contribution is -2.59. The Kier molecular flexibility index (Phi) is 11.8. The predicted octanol–water partition coefficient (Wildman–Crippen LogP) is 2.79. The minimum absolute atomic E-state index is 0.0867. The van der Waals surface area contributed by atoms with Crippen LogP contribution in [-0.4, -0.2) is 108 Å². The Hall–Kier alpha value is -2.38. The topological polar surface area (TPSA) is 150 Å². The Morgan fingerprint density at radius 1 is 1.11 bits per heavy atom. The molecule has 0 unspecified atom stereocenters. The van der Waals surface area contributed by atoms with Gasteiger partial charge in [0.2, 0.25) is 0 Å². The first-order valence-corrected chi connectivity index (χ1v) is 15.6. The van der Waals surface area contributed by atoms with E-state index in [4.69, 9.17) is 23.7 Å². The number of hydrogen-bond donors (Lipinski definition) is 2. The molecule has 0 aromatic carbocycles. The summed E-state index contributed by atoms with van der Waals surface area (Å²) in [4.78, 5) is 55.3. The van der Waals surface area contributed by atoms with Crippen molar-refractivity contribution in [2.24, 2.45) is 17.8 Å². The van der Waals surface area contributed by atoms with Crippen LogP contribution in [0.1, 0.15) is 74.1 Å². The van der Waals surface area contributed by atoms with Crippen LogP contribution in [0.3, 0.4) is 0 Å². The van der Waals surface area contributed by atoms with Gasteiger partial charge in [-0.3, -0.25) is 14.4 Å². The lowest BCUT2D eigenvalue weighted by molar-refractivity contribution is -0.296. The molecule has 3 saturated heterocycles. The number of hydrogen-bond acceptors (Lipinski definition) is 11. The lowest BCUT2D eigenvalue weighted by Gasteiger charge is -2.47. The second-order valence-electron chi connectivity index (χ2n) is 13.4. The Morgan fingerprint density at radius 3 is 2.36 bits per heavy atom. The van der Waals surface area contributed by atoms with Crippen LogP contribution in [0.4, 0.5) is 4.79 Å². The van der Waals surface area contributed by atoms with Gasteiger partial charge in [0.1, 0.15) is 30.2 Å². The fourth-order valence-corrected chi connectivity index (χ4v) is 7.15. The Labute approximate surface area is 261 Å². The number of nitrogens with zero attached hydrogens (tertiary/aromatic N) is 1. The van der Waals surface area contributed by atoms with E-state index in [0.29, 0.717) is 6.42 Å². The first kappa shape index (κ1) is 36.1. The van der Waals surface area contributed by atoms with Gasteiger partial charge in [-0.2, -0.15) is 0 Å². The highest BCUT2D eigenvalue weighted by atomic mass is 16.7. The van der Waals surface area contributed by atoms with Crippen molar-refractivity contribution < 1.29 is 48.0 Å². The fraction of sp³-hybridized carbons (Fsp3) is 0.812. The van der Waals surface area contributed by atoms with Crippen molar-refractivity contribution in [1.29, 1.82) is 0 Å². The highest BCUT2D eigenvalue weighted by molar-refractivity contribution is 5.97. The molecule has 3 rings (SSSR count). The summed E-state index contributed by atoms with van der Waals surface area (Å²) < 4.78 is 30.3. The molecule has 0 radical (unpaired) electrons. The summed E-state index contributed by atoms with van der Waals surface area (Å²) in [5.41, 5.74) is -2.61. The number of aliphatic hydroxyl groups excluding tert-OH is 1. The lowest BCUT2D eigenvalue weighted by atomic mass is 9.74. The smallest absolute Gasteiger partial charge is 0.408 e. The molecule has 0 spiro atoms. The number of amides is 1. The number of Topliss-reactive ketones (excluding diaryl/α,β-unsaturated/α-hetero) is 2. The number of fused-ring (bicyclic) bond motifs is 1. The molecule has 2 N–H and O–H groups in total. The second kappa shape index (κ2) is 14.4. The zero-order chi connectivity index (χ0) is 33.1.